The van der Waals surface area contributed by atoms with Gasteiger partial charge >= 0.3 is 0 Å². The first-order chi connectivity index (χ1) is 10.3. The second-order valence-electron chi connectivity index (χ2n) is 4.71. The molecule has 1 heterocycles. The summed E-state index contributed by atoms with van der Waals surface area (Å²) in [5.41, 5.74) is 1.68. The Morgan fingerprint density at radius 2 is 1.81 bits per heavy atom. The Balaban J connectivity index is 1.90. The van der Waals surface area contributed by atoms with Crippen LogP contribution in [0.5, 0.6) is 5.88 Å². The van der Waals surface area contributed by atoms with Crippen molar-refractivity contribution in [2.24, 2.45) is 0 Å². The van der Waals surface area contributed by atoms with E-state index in [2.05, 4.69) is 20.9 Å². The molecule has 0 aliphatic heterocycles. The van der Waals surface area contributed by atoms with E-state index >= 15 is 0 Å². The van der Waals surface area contributed by atoms with Gasteiger partial charge in [-0.25, -0.2) is 4.98 Å². The van der Waals surface area contributed by atoms with Gasteiger partial charge in [-0.15, -0.1) is 0 Å². The molecule has 3 rings (SSSR count). The Labute approximate surface area is 131 Å². The van der Waals surface area contributed by atoms with Gasteiger partial charge in [0.05, 0.1) is 12.3 Å². The predicted octanol–water partition coefficient (Wildman–Crippen LogP) is 4.07. The monoisotopic (exact) mass is 343 g/mol. The summed E-state index contributed by atoms with van der Waals surface area (Å²) in [4.78, 5) is 4.37. The minimum absolute atomic E-state index is 0.0977. The van der Waals surface area contributed by atoms with Gasteiger partial charge in [0.1, 0.15) is 6.61 Å². The molecule has 106 valence electrons. The van der Waals surface area contributed by atoms with E-state index in [0.717, 1.165) is 20.8 Å². The third-order valence-corrected chi connectivity index (χ3v) is 3.74. The highest BCUT2D eigenvalue weighted by Gasteiger charge is 2.07. The fourth-order valence-corrected chi connectivity index (χ4v) is 2.41. The number of aliphatic hydroxyl groups excluding tert-OH is 1. The number of fused-ring (bicyclic) bond motifs is 1. The van der Waals surface area contributed by atoms with Crippen LogP contribution in [0.15, 0.2) is 59.1 Å². The van der Waals surface area contributed by atoms with Gasteiger partial charge in [-0.1, -0.05) is 46.3 Å². The Kier molecular flexibility index (Phi) is 4.18. The van der Waals surface area contributed by atoms with E-state index in [9.17, 15) is 5.11 Å². The number of halogens is 1. The lowest BCUT2D eigenvalue weighted by Crippen LogP contribution is -2.00. The molecule has 0 saturated heterocycles. The quantitative estimate of drug-likeness (QED) is 0.776. The summed E-state index contributed by atoms with van der Waals surface area (Å²) in [5.74, 6) is 0.556. The number of rotatable bonds is 4. The molecule has 0 spiro atoms. The number of nitrogens with zero attached hydrogens (tertiary/aromatic N) is 1. The van der Waals surface area contributed by atoms with Crippen molar-refractivity contribution in [3.8, 4) is 5.88 Å². The maximum atomic E-state index is 9.31. The molecule has 0 amide bonds. The number of pyridine rings is 1. The zero-order chi connectivity index (χ0) is 14.7. The molecule has 0 radical (unpaired) electrons. The van der Waals surface area contributed by atoms with Crippen LogP contribution in [0.1, 0.15) is 11.3 Å². The van der Waals surface area contributed by atoms with Crippen LogP contribution in [0.3, 0.4) is 0 Å². The molecule has 21 heavy (non-hydrogen) atoms. The summed E-state index contributed by atoms with van der Waals surface area (Å²) in [6.45, 7) is 0.346. The Morgan fingerprint density at radius 3 is 2.57 bits per heavy atom. The topological polar surface area (TPSA) is 42.4 Å². The van der Waals surface area contributed by atoms with Crippen LogP contribution < -0.4 is 4.74 Å². The third-order valence-electron chi connectivity index (χ3n) is 3.21. The van der Waals surface area contributed by atoms with Crippen molar-refractivity contribution in [1.82, 2.24) is 4.98 Å². The van der Waals surface area contributed by atoms with Crippen LogP contribution in [0.25, 0.3) is 10.8 Å². The molecule has 0 unspecified atom stereocenters. The molecule has 0 fully saturated rings. The minimum Gasteiger partial charge on any atom is -0.472 e. The van der Waals surface area contributed by atoms with Gasteiger partial charge in [-0.2, -0.15) is 0 Å². The molecule has 3 aromatic rings. The van der Waals surface area contributed by atoms with Crippen molar-refractivity contribution in [1.29, 1.82) is 0 Å². The summed E-state index contributed by atoms with van der Waals surface area (Å²) in [7, 11) is 0. The molecule has 3 nitrogen and oxygen atoms in total. The summed E-state index contributed by atoms with van der Waals surface area (Å²) in [6.07, 6.45) is 0. The number of hydrogen-bond donors (Lipinski definition) is 1. The smallest absolute Gasteiger partial charge is 0.222 e. The van der Waals surface area contributed by atoms with Crippen molar-refractivity contribution < 1.29 is 9.84 Å². The fraction of sp³-hybridized carbons (Fsp3) is 0.118. The van der Waals surface area contributed by atoms with E-state index < -0.39 is 0 Å². The Bertz CT molecular complexity index is 756. The predicted molar refractivity (Wildman–Crippen MR) is 86.1 cm³/mol. The van der Waals surface area contributed by atoms with E-state index in [4.69, 9.17) is 4.74 Å². The van der Waals surface area contributed by atoms with Crippen LogP contribution in [0.4, 0.5) is 0 Å². The van der Waals surface area contributed by atoms with Crippen LogP contribution in [-0.4, -0.2) is 10.1 Å². The van der Waals surface area contributed by atoms with Gasteiger partial charge in [-0.05, 0) is 35.2 Å². The number of aliphatic hydroxyl groups is 1. The van der Waals surface area contributed by atoms with E-state index in [1.807, 2.05) is 54.6 Å². The fourth-order valence-electron chi connectivity index (χ4n) is 2.14. The van der Waals surface area contributed by atoms with E-state index in [1.54, 1.807) is 0 Å². The second kappa shape index (κ2) is 6.24. The first-order valence-electron chi connectivity index (χ1n) is 6.63. The van der Waals surface area contributed by atoms with Gasteiger partial charge in [-0.3, -0.25) is 0 Å². The molecule has 0 atom stereocenters. The number of benzene rings is 2. The number of ether oxygens (including phenoxy) is 1. The molecule has 1 N–H and O–H groups in total. The highest BCUT2D eigenvalue weighted by Crippen LogP contribution is 2.25. The maximum absolute atomic E-state index is 9.31. The van der Waals surface area contributed by atoms with Gasteiger partial charge in [0, 0.05) is 9.86 Å². The summed E-state index contributed by atoms with van der Waals surface area (Å²) in [6, 6.07) is 17.7. The van der Waals surface area contributed by atoms with Gasteiger partial charge in [0.15, 0.2) is 0 Å². The van der Waals surface area contributed by atoms with Crippen molar-refractivity contribution >= 4 is 26.7 Å². The van der Waals surface area contributed by atoms with E-state index in [-0.39, 0.29) is 6.61 Å². The first kappa shape index (κ1) is 14.0. The molecule has 2 aromatic carbocycles. The molecule has 0 bridgehead atoms. The molecule has 0 saturated carbocycles. The first-order valence-corrected chi connectivity index (χ1v) is 7.42. The van der Waals surface area contributed by atoms with Crippen LogP contribution in [-0.2, 0) is 13.2 Å². The number of aromatic nitrogens is 1. The normalized spacial score (nSPS) is 10.8. The van der Waals surface area contributed by atoms with E-state index in [0.29, 0.717) is 18.2 Å². The van der Waals surface area contributed by atoms with Gasteiger partial charge < -0.3 is 9.84 Å². The maximum Gasteiger partial charge on any atom is 0.222 e. The summed E-state index contributed by atoms with van der Waals surface area (Å²) < 4.78 is 6.89. The minimum atomic E-state index is -0.0977. The van der Waals surface area contributed by atoms with Crippen molar-refractivity contribution in [3.63, 3.8) is 0 Å². The highest BCUT2D eigenvalue weighted by molar-refractivity contribution is 9.10. The zero-order valence-corrected chi connectivity index (χ0v) is 12.9. The van der Waals surface area contributed by atoms with Crippen molar-refractivity contribution in [2.75, 3.05) is 0 Å². The summed E-state index contributed by atoms with van der Waals surface area (Å²) in [5, 5.41) is 11.3. The molecule has 0 aliphatic rings. The summed E-state index contributed by atoms with van der Waals surface area (Å²) >= 11 is 3.41. The van der Waals surface area contributed by atoms with Gasteiger partial charge in [0.25, 0.3) is 0 Å². The Morgan fingerprint density at radius 1 is 1.05 bits per heavy atom. The standard InChI is InChI=1S/C17H14BrNO2/c18-14-7-5-12(6-8-14)11-21-17-16-4-2-1-3-13(16)9-15(10-20)19-17/h1-9,20H,10-11H2. The number of hydrogen-bond acceptors (Lipinski definition) is 3. The van der Waals surface area contributed by atoms with Crippen LogP contribution in [0, 0.1) is 0 Å². The average molecular weight is 344 g/mol. The molecular formula is C17H14BrNO2. The largest absolute Gasteiger partial charge is 0.472 e. The van der Waals surface area contributed by atoms with E-state index in [1.165, 1.54) is 0 Å². The van der Waals surface area contributed by atoms with Crippen molar-refractivity contribution in [3.05, 3.63) is 70.3 Å². The molecular weight excluding hydrogens is 330 g/mol. The average Bonchev–Trinajstić information content (AvgIpc) is 2.53. The molecule has 4 heteroatoms. The van der Waals surface area contributed by atoms with Crippen molar-refractivity contribution in [2.45, 2.75) is 13.2 Å². The van der Waals surface area contributed by atoms with Crippen LogP contribution >= 0.6 is 15.9 Å². The lowest BCUT2D eigenvalue weighted by Gasteiger charge is -2.10. The highest BCUT2D eigenvalue weighted by atomic mass is 79.9. The second-order valence-corrected chi connectivity index (χ2v) is 5.63. The lowest BCUT2D eigenvalue weighted by atomic mass is 10.1. The Hall–Kier alpha value is -1.91. The molecule has 1 aromatic heterocycles. The lowest BCUT2D eigenvalue weighted by molar-refractivity contribution is 0.267. The van der Waals surface area contributed by atoms with Crippen LogP contribution in [0.2, 0.25) is 0 Å². The van der Waals surface area contributed by atoms with Gasteiger partial charge in [0.2, 0.25) is 5.88 Å². The SMILES string of the molecule is OCc1cc2ccccc2c(OCc2ccc(Br)cc2)n1. The molecule has 0 aliphatic carbocycles. The third kappa shape index (κ3) is 3.23. The zero-order valence-electron chi connectivity index (χ0n) is 11.3.